The van der Waals surface area contributed by atoms with E-state index in [1.54, 1.807) is 12.3 Å². The molecule has 1 aromatic heterocycles. The number of hydrogen-bond acceptors (Lipinski definition) is 3. The lowest BCUT2D eigenvalue weighted by molar-refractivity contribution is 0.0929. The first-order valence-corrected chi connectivity index (χ1v) is 8.21. The van der Waals surface area contributed by atoms with Crippen LogP contribution in [0.25, 0.3) is 11.0 Å². The maximum Gasteiger partial charge on any atom is 0.251 e. The molecule has 0 aliphatic heterocycles. The Bertz CT molecular complexity index is 809. The molecular formula is C20H22N2O2. The van der Waals surface area contributed by atoms with Gasteiger partial charge in [-0.05, 0) is 43.5 Å². The van der Waals surface area contributed by atoms with Crippen molar-refractivity contribution in [3.05, 3.63) is 72.0 Å². The zero-order valence-electron chi connectivity index (χ0n) is 13.7. The van der Waals surface area contributed by atoms with Crippen molar-refractivity contribution in [1.29, 1.82) is 0 Å². The lowest BCUT2D eigenvalue weighted by Gasteiger charge is -2.22. The third-order valence-corrected chi connectivity index (χ3v) is 4.26. The maximum absolute atomic E-state index is 12.5. The molecule has 24 heavy (non-hydrogen) atoms. The molecule has 0 spiro atoms. The Morgan fingerprint density at radius 2 is 1.96 bits per heavy atom. The highest BCUT2D eigenvalue weighted by molar-refractivity contribution is 5.97. The first-order valence-electron chi connectivity index (χ1n) is 8.21. The van der Waals surface area contributed by atoms with Gasteiger partial charge in [-0.2, -0.15) is 0 Å². The van der Waals surface area contributed by atoms with E-state index in [1.165, 1.54) is 5.56 Å². The van der Waals surface area contributed by atoms with Crippen molar-refractivity contribution in [3.63, 3.8) is 0 Å². The van der Waals surface area contributed by atoms with E-state index in [1.807, 2.05) is 43.3 Å². The molecule has 0 radical (unpaired) electrons. The number of amides is 1. The third kappa shape index (κ3) is 3.84. The van der Waals surface area contributed by atoms with Gasteiger partial charge >= 0.3 is 0 Å². The summed E-state index contributed by atoms with van der Waals surface area (Å²) in [5, 5.41) is 4.04. The first-order chi connectivity index (χ1) is 11.6. The second-order valence-electron chi connectivity index (χ2n) is 6.14. The summed E-state index contributed by atoms with van der Waals surface area (Å²) in [7, 11) is 0. The summed E-state index contributed by atoms with van der Waals surface area (Å²) in [5.74, 6) is -0.122. The Balaban J connectivity index is 1.66. The Morgan fingerprint density at radius 1 is 1.17 bits per heavy atom. The molecule has 124 valence electrons. The molecule has 2 unspecified atom stereocenters. The topological polar surface area (TPSA) is 68.3 Å². The van der Waals surface area contributed by atoms with Gasteiger partial charge in [-0.1, -0.05) is 36.4 Å². The molecule has 2 aromatic carbocycles. The Morgan fingerprint density at radius 3 is 2.71 bits per heavy atom. The molecule has 2 atom stereocenters. The van der Waals surface area contributed by atoms with Crippen LogP contribution < -0.4 is 11.1 Å². The summed E-state index contributed by atoms with van der Waals surface area (Å²) in [6.07, 6.45) is 3.30. The molecule has 0 aliphatic carbocycles. The average Bonchev–Trinajstić information content (AvgIpc) is 3.06. The number of nitrogens with one attached hydrogen (secondary N) is 1. The molecule has 0 bridgehead atoms. The zero-order chi connectivity index (χ0) is 16.9. The second kappa shape index (κ2) is 7.32. The molecule has 3 N–H and O–H groups in total. The predicted octanol–water partition coefficient (Wildman–Crippen LogP) is 3.51. The largest absolute Gasteiger partial charge is 0.464 e. The highest BCUT2D eigenvalue weighted by Gasteiger charge is 2.18. The van der Waals surface area contributed by atoms with Gasteiger partial charge in [0.25, 0.3) is 5.91 Å². The van der Waals surface area contributed by atoms with Crippen molar-refractivity contribution < 1.29 is 9.21 Å². The Hall–Kier alpha value is -2.59. The summed E-state index contributed by atoms with van der Waals surface area (Å²) >= 11 is 0. The maximum atomic E-state index is 12.5. The van der Waals surface area contributed by atoms with Crippen molar-refractivity contribution in [1.82, 2.24) is 5.32 Å². The van der Waals surface area contributed by atoms with Gasteiger partial charge in [-0.3, -0.25) is 4.79 Å². The van der Waals surface area contributed by atoms with Gasteiger partial charge in [-0.25, -0.2) is 0 Å². The van der Waals surface area contributed by atoms with Gasteiger partial charge < -0.3 is 15.5 Å². The Kier molecular flexibility index (Phi) is 4.96. The van der Waals surface area contributed by atoms with E-state index in [4.69, 9.17) is 10.2 Å². The number of carbonyl (C=O) groups is 1. The van der Waals surface area contributed by atoms with E-state index in [9.17, 15) is 4.79 Å². The molecule has 0 aliphatic rings. The van der Waals surface area contributed by atoms with Gasteiger partial charge in [0, 0.05) is 23.0 Å². The second-order valence-corrected chi connectivity index (χ2v) is 6.14. The van der Waals surface area contributed by atoms with Crippen molar-refractivity contribution in [2.45, 2.75) is 31.8 Å². The van der Waals surface area contributed by atoms with Gasteiger partial charge in [0.15, 0.2) is 0 Å². The smallest absolute Gasteiger partial charge is 0.251 e. The van der Waals surface area contributed by atoms with Crippen LogP contribution >= 0.6 is 0 Å². The van der Waals surface area contributed by atoms with Crippen LogP contribution in [0.3, 0.4) is 0 Å². The predicted molar refractivity (Wildman–Crippen MR) is 95.9 cm³/mol. The van der Waals surface area contributed by atoms with E-state index < -0.39 is 0 Å². The molecular weight excluding hydrogens is 300 g/mol. The molecule has 1 amide bonds. The highest BCUT2D eigenvalue weighted by atomic mass is 16.3. The standard InChI is InChI=1S/C20H22N2O2/c1-14(21)18(10-7-15-5-3-2-4-6-15)22-20(23)17-9-8-16-11-12-24-19(16)13-17/h2-6,8-9,11-14,18H,7,10,21H2,1H3,(H,22,23). The zero-order valence-corrected chi connectivity index (χ0v) is 13.7. The van der Waals surface area contributed by atoms with Crippen LogP contribution in [0.15, 0.2) is 65.3 Å². The summed E-state index contributed by atoms with van der Waals surface area (Å²) in [4.78, 5) is 12.5. The average molecular weight is 322 g/mol. The first kappa shape index (κ1) is 16.3. The van der Waals surface area contributed by atoms with Gasteiger partial charge in [-0.15, -0.1) is 0 Å². The normalized spacial score (nSPS) is 13.6. The molecule has 0 fully saturated rings. The number of rotatable bonds is 6. The number of carbonyl (C=O) groups excluding carboxylic acids is 1. The van der Waals surface area contributed by atoms with E-state index in [0.717, 1.165) is 18.2 Å². The van der Waals surface area contributed by atoms with Gasteiger partial charge in [0.05, 0.1) is 6.26 Å². The van der Waals surface area contributed by atoms with Gasteiger partial charge in [0.1, 0.15) is 5.58 Å². The molecule has 3 aromatic rings. The fourth-order valence-electron chi connectivity index (χ4n) is 2.78. The van der Waals surface area contributed by atoms with Crippen molar-refractivity contribution in [2.75, 3.05) is 0 Å². The fourth-order valence-corrected chi connectivity index (χ4v) is 2.78. The number of aryl methyl sites for hydroxylation is 1. The van der Waals surface area contributed by atoms with Crippen LogP contribution in [-0.2, 0) is 6.42 Å². The van der Waals surface area contributed by atoms with Crippen molar-refractivity contribution in [2.24, 2.45) is 5.73 Å². The minimum atomic E-state index is -0.122. The number of hydrogen-bond donors (Lipinski definition) is 2. The van der Waals surface area contributed by atoms with E-state index in [2.05, 4.69) is 17.4 Å². The highest BCUT2D eigenvalue weighted by Crippen LogP contribution is 2.17. The number of fused-ring (bicyclic) bond motifs is 1. The molecule has 4 heteroatoms. The lowest BCUT2D eigenvalue weighted by atomic mass is 10.0. The van der Waals surface area contributed by atoms with Crippen LogP contribution in [0.5, 0.6) is 0 Å². The third-order valence-electron chi connectivity index (χ3n) is 4.26. The Labute approximate surface area is 141 Å². The minimum absolute atomic E-state index is 0.0787. The van der Waals surface area contributed by atoms with Crippen LogP contribution in [0, 0.1) is 0 Å². The van der Waals surface area contributed by atoms with Crippen LogP contribution in [0.2, 0.25) is 0 Å². The number of furan rings is 1. The summed E-state index contributed by atoms with van der Waals surface area (Å²) in [6, 6.07) is 17.4. The summed E-state index contributed by atoms with van der Waals surface area (Å²) in [5.41, 5.74) is 8.61. The summed E-state index contributed by atoms with van der Waals surface area (Å²) in [6.45, 7) is 1.92. The van der Waals surface area contributed by atoms with Crippen molar-refractivity contribution >= 4 is 16.9 Å². The van der Waals surface area contributed by atoms with E-state index >= 15 is 0 Å². The van der Waals surface area contributed by atoms with Crippen LogP contribution in [-0.4, -0.2) is 18.0 Å². The van der Waals surface area contributed by atoms with Crippen molar-refractivity contribution in [3.8, 4) is 0 Å². The summed E-state index contributed by atoms with van der Waals surface area (Å²) < 4.78 is 5.36. The minimum Gasteiger partial charge on any atom is -0.464 e. The molecule has 0 saturated heterocycles. The van der Waals surface area contributed by atoms with Gasteiger partial charge in [0.2, 0.25) is 0 Å². The number of nitrogens with two attached hydrogens (primary N) is 1. The monoisotopic (exact) mass is 322 g/mol. The van der Waals surface area contributed by atoms with Crippen LogP contribution in [0.1, 0.15) is 29.3 Å². The SMILES string of the molecule is CC(N)C(CCc1ccccc1)NC(=O)c1ccc2ccoc2c1. The fraction of sp³-hybridized carbons (Fsp3) is 0.250. The quantitative estimate of drug-likeness (QED) is 0.729. The molecule has 0 saturated carbocycles. The van der Waals surface area contributed by atoms with E-state index in [-0.39, 0.29) is 18.0 Å². The molecule has 3 rings (SSSR count). The van der Waals surface area contributed by atoms with Crippen LogP contribution in [0.4, 0.5) is 0 Å². The van der Waals surface area contributed by atoms with E-state index in [0.29, 0.717) is 11.1 Å². The lowest BCUT2D eigenvalue weighted by Crippen LogP contribution is -2.46. The molecule has 4 nitrogen and oxygen atoms in total. The molecule has 1 heterocycles. The number of benzene rings is 2.